The lowest BCUT2D eigenvalue weighted by molar-refractivity contribution is 0.122. The maximum Gasteiger partial charge on any atom is 0.144 e. The van der Waals surface area contributed by atoms with E-state index in [-0.39, 0.29) is 0 Å². The van der Waals surface area contributed by atoms with Crippen molar-refractivity contribution in [3.05, 3.63) is 6.07 Å². The lowest BCUT2D eigenvalue weighted by Gasteiger charge is -2.26. The predicted molar refractivity (Wildman–Crippen MR) is 49.6 cm³/mol. The van der Waals surface area contributed by atoms with E-state index in [1.54, 1.807) is 0 Å². The van der Waals surface area contributed by atoms with Gasteiger partial charge in [0.05, 0.1) is 13.2 Å². The second-order valence-electron chi connectivity index (χ2n) is 2.69. The SMILES string of the molecule is Nc1cc(N2CCOCC2)ns1. The summed E-state index contributed by atoms with van der Waals surface area (Å²) in [6.07, 6.45) is 0. The normalized spacial score (nSPS) is 18.2. The summed E-state index contributed by atoms with van der Waals surface area (Å²) in [6.45, 7) is 3.42. The maximum absolute atomic E-state index is 5.58. The number of ether oxygens (including phenoxy) is 1. The Kier molecular flexibility index (Phi) is 2.14. The van der Waals surface area contributed by atoms with Gasteiger partial charge in [0.15, 0.2) is 0 Å². The summed E-state index contributed by atoms with van der Waals surface area (Å²) in [5.41, 5.74) is 5.58. The summed E-state index contributed by atoms with van der Waals surface area (Å²) in [6, 6.07) is 1.91. The molecule has 5 heteroatoms. The van der Waals surface area contributed by atoms with Crippen LogP contribution in [0.2, 0.25) is 0 Å². The fourth-order valence-corrected chi connectivity index (χ4v) is 1.75. The molecule has 1 fully saturated rings. The molecule has 2 heterocycles. The third-order valence-electron chi connectivity index (χ3n) is 1.85. The van der Waals surface area contributed by atoms with E-state index in [0.717, 1.165) is 37.1 Å². The van der Waals surface area contributed by atoms with Crippen LogP contribution >= 0.6 is 11.5 Å². The quantitative estimate of drug-likeness (QED) is 0.694. The highest BCUT2D eigenvalue weighted by Crippen LogP contribution is 2.20. The molecular formula is C7H11N3OS. The number of rotatable bonds is 1. The van der Waals surface area contributed by atoms with Crippen molar-refractivity contribution in [1.29, 1.82) is 0 Å². The Bertz CT molecular complexity index is 257. The molecule has 0 saturated carbocycles. The third-order valence-corrected chi connectivity index (χ3v) is 2.46. The van der Waals surface area contributed by atoms with E-state index in [1.807, 2.05) is 6.07 Å². The minimum Gasteiger partial charge on any atom is -0.389 e. The van der Waals surface area contributed by atoms with Crippen molar-refractivity contribution in [3.63, 3.8) is 0 Å². The van der Waals surface area contributed by atoms with Gasteiger partial charge in [-0.25, -0.2) is 0 Å². The molecule has 1 saturated heterocycles. The summed E-state index contributed by atoms with van der Waals surface area (Å²) in [4.78, 5) is 2.19. The molecule has 0 spiro atoms. The number of morpholine rings is 1. The summed E-state index contributed by atoms with van der Waals surface area (Å²) in [7, 11) is 0. The first-order valence-electron chi connectivity index (χ1n) is 3.91. The van der Waals surface area contributed by atoms with Crippen LogP contribution in [0.1, 0.15) is 0 Å². The van der Waals surface area contributed by atoms with Crippen molar-refractivity contribution in [2.75, 3.05) is 36.9 Å². The molecule has 0 aliphatic carbocycles. The highest BCUT2D eigenvalue weighted by atomic mass is 32.1. The minimum atomic E-state index is 0.775. The average Bonchev–Trinajstić information content (AvgIpc) is 2.54. The molecule has 2 N–H and O–H groups in total. The molecule has 0 unspecified atom stereocenters. The Morgan fingerprint density at radius 1 is 1.50 bits per heavy atom. The Balaban J connectivity index is 2.08. The van der Waals surface area contributed by atoms with Crippen molar-refractivity contribution < 1.29 is 4.74 Å². The largest absolute Gasteiger partial charge is 0.389 e. The average molecular weight is 185 g/mol. The van der Waals surface area contributed by atoms with E-state index in [1.165, 1.54) is 11.5 Å². The number of hydrogen-bond acceptors (Lipinski definition) is 5. The zero-order chi connectivity index (χ0) is 8.39. The van der Waals surface area contributed by atoms with Crippen LogP contribution in [0.25, 0.3) is 0 Å². The molecule has 0 atom stereocenters. The van der Waals surface area contributed by atoms with E-state index < -0.39 is 0 Å². The van der Waals surface area contributed by atoms with Gasteiger partial charge < -0.3 is 15.4 Å². The predicted octanol–water partition coefficient (Wildman–Crippen LogP) is 0.562. The maximum atomic E-state index is 5.58. The first-order valence-corrected chi connectivity index (χ1v) is 4.68. The number of nitrogens with zero attached hydrogens (tertiary/aromatic N) is 2. The van der Waals surface area contributed by atoms with Crippen molar-refractivity contribution >= 4 is 22.4 Å². The highest BCUT2D eigenvalue weighted by molar-refractivity contribution is 7.10. The van der Waals surface area contributed by atoms with E-state index in [9.17, 15) is 0 Å². The summed E-state index contributed by atoms with van der Waals surface area (Å²) in [5.74, 6) is 0.987. The summed E-state index contributed by atoms with van der Waals surface area (Å²) in [5, 5.41) is 0.775. The van der Waals surface area contributed by atoms with Gasteiger partial charge in [-0.15, -0.1) is 0 Å². The van der Waals surface area contributed by atoms with Crippen LogP contribution in [0, 0.1) is 0 Å². The number of hydrogen-bond donors (Lipinski definition) is 1. The Labute approximate surface area is 75.1 Å². The fourth-order valence-electron chi connectivity index (χ4n) is 1.22. The molecule has 1 aliphatic rings. The molecule has 0 aromatic carbocycles. The standard InChI is InChI=1S/C7H11N3OS/c8-6-5-7(9-12-6)10-1-3-11-4-2-10/h5H,1-4,8H2. The Hall–Kier alpha value is -0.810. The monoisotopic (exact) mass is 185 g/mol. The van der Waals surface area contributed by atoms with Crippen molar-refractivity contribution in [2.45, 2.75) is 0 Å². The lowest BCUT2D eigenvalue weighted by Crippen LogP contribution is -2.36. The third kappa shape index (κ3) is 1.51. The van der Waals surface area contributed by atoms with E-state index >= 15 is 0 Å². The van der Waals surface area contributed by atoms with Gasteiger partial charge in [-0.3, -0.25) is 0 Å². The first kappa shape index (κ1) is 7.82. The van der Waals surface area contributed by atoms with Crippen molar-refractivity contribution in [3.8, 4) is 0 Å². The zero-order valence-corrected chi connectivity index (χ0v) is 7.51. The Morgan fingerprint density at radius 2 is 2.25 bits per heavy atom. The van der Waals surface area contributed by atoms with Crippen LogP contribution < -0.4 is 10.6 Å². The molecule has 1 aromatic rings. The molecule has 0 amide bonds. The molecule has 0 bridgehead atoms. The second-order valence-corrected chi connectivity index (χ2v) is 3.52. The van der Waals surface area contributed by atoms with Crippen molar-refractivity contribution in [1.82, 2.24) is 4.37 Å². The fraction of sp³-hybridized carbons (Fsp3) is 0.571. The molecule has 12 heavy (non-hydrogen) atoms. The number of anilines is 2. The zero-order valence-electron chi connectivity index (χ0n) is 6.69. The first-order chi connectivity index (χ1) is 5.86. The van der Waals surface area contributed by atoms with E-state index in [4.69, 9.17) is 10.5 Å². The highest BCUT2D eigenvalue weighted by Gasteiger charge is 2.13. The van der Waals surface area contributed by atoms with Crippen LogP contribution in [-0.2, 0) is 4.74 Å². The number of nitrogen functional groups attached to an aromatic ring is 1. The number of nitrogens with two attached hydrogens (primary N) is 1. The second kappa shape index (κ2) is 3.28. The summed E-state index contributed by atoms with van der Waals surface area (Å²) >= 11 is 1.34. The van der Waals surface area contributed by atoms with Gasteiger partial charge >= 0.3 is 0 Å². The molecule has 0 radical (unpaired) electrons. The van der Waals surface area contributed by atoms with E-state index in [2.05, 4.69) is 9.27 Å². The topological polar surface area (TPSA) is 51.4 Å². The number of aromatic nitrogens is 1. The van der Waals surface area contributed by atoms with Gasteiger partial charge in [0.25, 0.3) is 0 Å². The summed E-state index contributed by atoms with van der Waals surface area (Å²) < 4.78 is 9.46. The van der Waals surface area contributed by atoms with Gasteiger partial charge in [0.2, 0.25) is 0 Å². The van der Waals surface area contributed by atoms with Gasteiger partial charge in [-0.2, -0.15) is 4.37 Å². The van der Waals surface area contributed by atoms with Crippen LogP contribution in [0.4, 0.5) is 10.8 Å². The lowest BCUT2D eigenvalue weighted by atomic mass is 10.4. The smallest absolute Gasteiger partial charge is 0.144 e. The van der Waals surface area contributed by atoms with Crippen LogP contribution in [-0.4, -0.2) is 30.7 Å². The van der Waals surface area contributed by atoms with Crippen LogP contribution in [0.5, 0.6) is 0 Å². The van der Waals surface area contributed by atoms with Crippen molar-refractivity contribution in [2.24, 2.45) is 0 Å². The van der Waals surface area contributed by atoms with Crippen LogP contribution in [0.3, 0.4) is 0 Å². The molecule has 2 rings (SSSR count). The van der Waals surface area contributed by atoms with Gasteiger partial charge in [-0.1, -0.05) is 0 Å². The molecule has 4 nitrogen and oxygen atoms in total. The van der Waals surface area contributed by atoms with Gasteiger partial charge in [0.1, 0.15) is 10.8 Å². The molecular weight excluding hydrogens is 174 g/mol. The van der Waals surface area contributed by atoms with Gasteiger partial charge in [-0.05, 0) is 11.5 Å². The van der Waals surface area contributed by atoms with Crippen LogP contribution in [0.15, 0.2) is 6.07 Å². The van der Waals surface area contributed by atoms with Gasteiger partial charge in [0, 0.05) is 19.2 Å². The minimum absolute atomic E-state index is 0.775. The van der Waals surface area contributed by atoms with E-state index in [0.29, 0.717) is 0 Å². The molecule has 1 aliphatic heterocycles. The molecule has 1 aromatic heterocycles. The molecule has 66 valence electrons. The Morgan fingerprint density at radius 3 is 2.83 bits per heavy atom.